The maximum absolute atomic E-state index is 11.1. The Kier molecular flexibility index (Phi) is 2.40. The summed E-state index contributed by atoms with van der Waals surface area (Å²) in [6.45, 7) is 5.38. The maximum Gasteiger partial charge on any atom is 0.333 e. The van der Waals surface area contributed by atoms with Crippen molar-refractivity contribution in [2.24, 2.45) is 0 Å². The summed E-state index contributed by atoms with van der Waals surface area (Å²) in [4.78, 5) is 23.5. The number of nitrogens with zero attached hydrogens (tertiary/aromatic N) is 1. The summed E-state index contributed by atoms with van der Waals surface area (Å²) in [7, 11) is 0. The third kappa shape index (κ3) is 1.32. The first-order valence-electron chi connectivity index (χ1n) is 4.20. The van der Waals surface area contributed by atoms with Crippen molar-refractivity contribution in [1.29, 1.82) is 0 Å². The molecule has 4 nitrogen and oxygen atoms in total. The zero-order chi connectivity index (χ0) is 10.1. The van der Waals surface area contributed by atoms with E-state index in [1.54, 1.807) is 0 Å². The minimum atomic E-state index is -1.16. The molecule has 13 heavy (non-hydrogen) atoms. The third-order valence-corrected chi connectivity index (χ3v) is 2.51. The summed E-state index contributed by atoms with van der Waals surface area (Å²) in [6, 6.07) is 0. The van der Waals surface area contributed by atoms with Crippen molar-refractivity contribution in [2.75, 3.05) is 6.54 Å². The summed E-state index contributed by atoms with van der Waals surface area (Å²) in [5, 5.41) is 9.02. The normalized spacial score (nSPS) is 27.3. The number of hydrogen-bond donors (Lipinski definition) is 1. The quantitative estimate of drug-likeness (QED) is 0.639. The smallest absolute Gasteiger partial charge is 0.333 e. The summed E-state index contributed by atoms with van der Waals surface area (Å²) >= 11 is 0. The van der Waals surface area contributed by atoms with Crippen molar-refractivity contribution < 1.29 is 14.7 Å². The van der Waals surface area contributed by atoms with Crippen LogP contribution in [-0.4, -0.2) is 34.0 Å². The zero-order valence-electron chi connectivity index (χ0n) is 7.62. The van der Waals surface area contributed by atoms with Gasteiger partial charge in [0.05, 0.1) is 0 Å². The van der Waals surface area contributed by atoms with Crippen LogP contribution in [0.5, 0.6) is 0 Å². The lowest BCUT2D eigenvalue weighted by Gasteiger charge is -2.30. The molecule has 1 heterocycles. The Labute approximate surface area is 76.8 Å². The van der Waals surface area contributed by atoms with E-state index in [2.05, 4.69) is 6.58 Å². The molecular weight excluding hydrogens is 170 g/mol. The van der Waals surface area contributed by atoms with E-state index in [1.165, 1.54) is 17.9 Å². The zero-order valence-corrected chi connectivity index (χ0v) is 7.62. The maximum atomic E-state index is 11.1. The average Bonchev–Trinajstić information content (AvgIpc) is 2.48. The van der Waals surface area contributed by atoms with Crippen LogP contribution in [0.3, 0.4) is 0 Å². The van der Waals surface area contributed by atoms with Crippen molar-refractivity contribution in [2.45, 2.75) is 25.3 Å². The monoisotopic (exact) mass is 183 g/mol. The molecule has 0 aromatic rings. The lowest BCUT2D eigenvalue weighted by atomic mass is 9.96. The van der Waals surface area contributed by atoms with Crippen LogP contribution in [0.15, 0.2) is 12.7 Å². The van der Waals surface area contributed by atoms with Crippen LogP contribution < -0.4 is 0 Å². The largest absolute Gasteiger partial charge is 0.479 e. The average molecular weight is 183 g/mol. The molecular formula is C9H13NO3. The van der Waals surface area contributed by atoms with E-state index in [-0.39, 0.29) is 5.91 Å². The molecule has 0 saturated carbocycles. The topological polar surface area (TPSA) is 57.6 Å². The van der Waals surface area contributed by atoms with Crippen molar-refractivity contribution >= 4 is 11.9 Å². The lowest BCUT2D eigenvalue weighted by Crippen LogP contribution is -2.50. The molecule has 1 amide bonds. The molecule has 1 aliphatic rings. The molecule has 0 aromatic heterocycles. The lowest BCUT2D eigenvalue weighted by molar-refractivity contribution is -0.152. The number of likely N-dealkylation sites (tertiary alicyclic amines) is 1. The van der Waals surface area contributed by atoms with Crippen molar-refractivity contribution in [1.82, 2.24) is 4.90 Å². The Hall–Kier alpha value is -1.32. The van der Waals surface area contributed by atoms with Crippen molar-refractivity contribution in [3.05, 3.63) is 12.7 Å². The minimum Gasteiger partial charge on any atom is -0.479 e. The number of hydrogen-bond acceptors (Lipinski definition) is 2. The highest BCUT2D eigenvalue weighted by atomic mass is 16.4. The predicted octanol–water partition coefficient (Wildman–Crippen LogP) is 0.638. The number of aliphatic carboxylic acids is 1. The Balaban J connectivity index is 3.03. The Morgan fingerprint density at radius 3 is 2.54 bits per heavy atom. The summed E-state index contributed by atoms with van der Waals surface area (Å²) in [5.74, 6) is -1.20. The van der Waals surface area contributed by atoms with E-state index in [9.17, 15) is 9.59 Å². The Morgan fingerprint density at radius 2 is 2.23 bits per heavy atom. The van der Waals surface area contributed by atoms with E-state index in [4.69, 9.17) is 5.11 Å². The first-order valence-corrected chi connectivity index (χ1v) is 4.20. The first kappa shape index (κ1) is 9.77. The molecule has 4 heteroatoms. The molecule has 0 unspecified atom stereocenters. The van der Waals surface area contributed by atoms with Crippen LogP contribution in [0.25, 0.3) is 0 Å². The standard InChI is InChI=1S/C9H13NO3/c1-3-9(8(12)13)5-4-6-10(9)7(2)11/h3H,1,4-6H2,2H3,(H,12,13)/t9-/m1/s1. The fraction of sp³-hybridized carbons (Fsp3) is 0.556. The number of rotatable bonds is 2. The number of carboxylic acid groups (broad SMARTS) is 1. The predicted molar refractivity (Wildman–Crippen MR) is 47.2 cm³/mol. The van der Waals surface area contributed by atoms with Gasteiger partial charge >= 0.3 is 5.97 Å². The highest BCUT2D eigenvalue weighted by molar-refractivity contribution is 5.88. The third-order valence-electron chi connectivity index (χ3n) is 2.51. The van der Waals surface area contributed by atoms with Gasteiger partial charge in [0, 0.05) is 13.5 Å². The van der Waals surface area contributed by atoms with Crippen molar-refractivity contribution in [3.8, 4) is 0 Å². The van der Waals surface area contributed by atoms with Gasteiger partial charge in [-0.1, -0.05) is 6.08 Å². The molecule has 1 fully saturated rings. The van der Waals surface area contributed by atoms with Gasteiger partial charge in [-0.25, -0.2) is 4.79 Å². The molecule has 0 radical (unpaired) electrons. The van der Waals surface area contributed by atoms with Gasteiger partial charge < -0.3 is 10.0 Å². The number of carbonyl (C=O) groups is 2. The van der Waals surface area contributed by atoms with E-state index in [1.807, 2.05) is 0 Å². The van der Waals surface area contributed by atoms with Gasteiger partial charge in [0.15, 0.2) is 5.54 Å². The van der Waals surface area contributed by atoms with Gasteiger partial charge in [-0.05, 0) is 12.8 Å². The summed E-state index contributed by atoms with van der Waals surface area (Å²) in [6.07, 6.45) is 2.53. The van der Waals surface area contributed by atoms with E-state index < -0.39 is 11.5 Å². The van der Waals surface area contributed by atoms with Crippen molar-refractivity contribution in [3.63, 3.8) is 0 Å². The molecule has 1 rings (SSSR count). The number of carboxylic acids is 1. The number of carbonyl (C=O) groups excluding carboxylic acids is 1. The molecule has 1 saturated heterocycles. The van der Waals surface area contributed by atoms with E-state index in [0.717, 1.165) is 6.42 Å². The van der Waals surface area contributed by atoms with Gasteiger partial charge in [-0.2, -0.15) is 0 Å². The molecule has 1 atom stereocenters. The Morgan fingerprint density at radius 1 is 1.62 bits per heavy atom. The summed E-state index contributed by atoms with van der Waals surface area (Å²) < 4.78 is 0. The second-order valence-electron chi connectivity index (χ2n) is 3.21. The van der Waals surface area contributed by atoms with Crippen LogP contribution in [0.2, 0.25) is 0 Å². The van der Waals surface area contributed by atoms with Gasteiger partial charge in [0.1, 0.15) is 0 Å². The van der Waals surface area contributed by atoms with Crippen LogP contribution in [0, 0.1) is 0 Å². The van der Waals surface area contributed by atoms with Crippen LogP contribution >= 0.6 is 0 Å². The molecule has 0 aliphatic carbocycles. The SMILES string of the molecule is C=C[C@]1(C(=O)O)CCCN1C(C)=O. The first-order chi connectivity index (χ1) is 6.04. The summed E-state index contributed by atoms with van der Waals surface area (Å²) in [5.41, 5.74) is -1.16. The highest BCUT2D eigenvalue weighted by Gasteiger charge is 2.46. The van der Waals surface area contributed by atoms with Gasteiger partial charge in [0.2, 0.25) is 5.91 Å². The molecule has 0 bridgehead atoms. The highest BCUT2D eigenvalue weighted by Crippen LogP contribution is 2.30. The van der Waals surface area contributed by atoms with Crippen LogP contribution in [0.4, 0.5) is 0 Å². The number of amides is 1. The molecule has 72 valence electrons. The second-order valence-corrected chi connectivity index (χ2v) is 3.21. The van der Waals surface area contributed by atoms with E-state index in [0.29, 0.717) is 13.0 Å². The van der Waals surface area contributed by atoms with Gasteiger partial charge in [-0.3, -0.25) is 4.79 Å². The minimum absolute atomic E-state index is 0.209. The fourth-order valence-corrected chi connectivity index (χ4v) is 1.80. The molecule has 1 N–H and O–H groups in total. The van der Waals surface area contributed by atoms with Crippen LogP contribution in [-0.2, 0) is 9.59 Å². The molecule has 0 aromatic carbocycles. The van der Waals surface area contributed by atoms with Gasteiger partial charge in [0.25, 0.3) is 0 Å². The molecule has 0 spiro atoms. The van der Waals surface area contributed by atoms with Gasteiger partial charge in [-0.15, -0.1) is 6.58 Å². The fourth-order valence-electron chi connectivity index (χ4n) is 1.80. The van der Waals surface area contributed by atoms with E-state index >= 15 is 0 Å². The molecule has 1 aliphatic heterocycles. The van der Waals surface area contributed by atoms with Crippen LogP contribution in [0.1, 0.15) is 19.8 Å². The Bertz CT molecular complexity index is 262. The second kappa shape index (κ2) is 3.20.